The first-order valence-corrected chi connectivity index (χ1v) is 11.3. The largest absolute Gasteiger partial charge is 0.458 e. The van der Waals surface area contributed by atoms with Gasteiger partial charge in [0.1, 0.15) is 11.2 Å². The van der Waals surface area contributed by atoms with Gasteiger partial charge >= 0.3 is 5.97 Å². The van der Waals surface area contributed by atoms with Gasteiger partial charge in [0.05, 0.1) is 6.10 Å². The third-order valence-corrected chi connectivity index (χ3v) is 9.66. The van der Waals surface area contributed by atoms with Gasteiger partial charge in [-0.3, -0.25) is 14.4 Å². The molecule has 4 fully saturated rings. The van der Waals surface area contributed by atoms with Crippen molar-refractivity contribution < 1.29 is 29.0 Å². The maximum atomic E-state index is 13.0. The van der Waals surface area contributed by atoms with E-state index in [9.17, 15) is 19.5 Å². The Hall–Kier alpha value is -1.53. The maximum Gasteiger partial charge on any atom is 0.303 e. The molecule has 4 aliphatic carbocycles. The summed E-state index contributed by atoms with van der Waals surface area (Å²) in [7, 11) is 0. The molecule has 1 spiro atoms. The summed E-state index contributed by atoms with van der Waals surface area (Å²) in [4.78, 5) is 36.5. The lowest BCUT2D eigenvalue weighted by molar-refractivity contribution is -0.166. The van der Waals surface area contributed by atoms with Crippen molar-refractivity contribution in [3.8, 4) is 0 Å². The molecule has 0 aromatic rings. The second-order valence-corrected chi connectivity index (χ2v) is 10.9. The van der Waals surface area contributed by atoms with E-state index < -0.39 is 22.8 Å². The van der Waals surface area contributed by atoms with E-state index in [4.69, 9.17) is 9.47 Å². The molecule has 0 aromatic carbocycles. The van der Waals surface area contributed by atoms with Crippen LogP contribution in [0.25, 0.3) is 0 Å². The number of ketones is 2. The molecular weight excluding hydrogens is 384 g/mol. The average molecular weight is 417 g/mol. The number of epoxide rings is 1. The van der Waals surface area contributed by atoms with Gasteiger partial charge in [0.2, 0.25) is 5.78 Å². The van der Waals surface area contributed by atoms with Crippen LogP contribution in [0.4, 0.5) is 0 Å². The molecule has 5 aliphatic rings. The lowest BCUT2D eigenvalue weighted by Crippen LogP contribution is -2.62. The topological polar surface area (TPSA) is 93.2 Å². The summed E-state index contributed by atoms with van der Waals surface area (Å²) in [5.74, 6) is -0.249. The van der Waals surface area contributed by atoms with Crippen LogP contribution in [0.5, 0.6) is 0 Å². The fourth-order valence-electron chi connectivity index (χ4n) is 8.09. The monoisotopic (exact) mass is 416 g/mol. The van der Waals surface area contributed by atoms with E-state index in [-0.39, 0.29) is 47.3 Å². The smallest absolute Gasteiger partial charge is 0.303 e. The maximum absolute atomic E-state index is 13.0. The third-order valence-electron chi connectivity index (χ3n) is 9.66. The Labute approximate surface area is 177 Å². The van der Waals surface area contributed by atoms with Gasteiger partial charge < -0.3 is 14.6 Å². The fraction of sp³-hybridized carbons (Fsp3) is 0.792. The molecule has 0 radical (unpaired) electrons. The van der Waals surface area contributed by atoms with E-state index in [1.807, 2.05) is 19.9 Å². The van der Waals surface area contributed by atoms with E-state index in [2.05, 4.69) is 6.92 Å². The number of ether oxygens (including phenoxy) is 2. The summed E-state index contributed by atoms with van der Waals surface area (Å²) in [5, 5.41) is 11.6. The first-order chi connectivity index (χ1) is 14.0. The van der Waals surface area contributed by atoms with E-state index in [0.717, 1.165) is 25.7 Å². The van der Waals surface area contributed by atoms with E-state index >= 15 is 0 Å². The summed E-state index contributed by atoms with van der Waals surface area (Å²) in [6.07, 6.45) is 6.28. The molecule has 1 aliphatic heterocycles. The van der Waals surface area contributed by atoms with Crippen molar-refractivity contribution in [2.24, 2.45) is 28.6 Å². The normalized spacial score (nSPS) is 51.1. The number of esters is 1. The number of Topliss-reactive ketones (excluding diaryl/α,β-unsaturated/α-hetero) is 1. The minimum atomic E-state index is -1.49. The van der Waals surface area contributed by atoms with Crippen LogP contribution in [0, 0.1) is 28.6 Å². The van der Waals surface area contributed by atoms with Crippen molar-refractivity contribution in [1.29, 1.82) is 0 Å². The Bertz CT molecular complexity index is 877. The molecule has 30 heavy (non-hydrogen) atoms. The van der Waals surface area contributed by atoms with Gasteiger partial charge in [0.25, 0.3) is 0 Å². The van der Waals surface area contributed by atoms with Crippen LogP contribution in [-0.4, -0.2) is 46.6 Å². The number of hydrogen-bond acceptors (Lipinski definition) is 6. The van der Waals surface area contributed by atoms with Crippen molar-refractivity contribution >= 4 is 17.5 Å². The van der Waals surface area contributed by atoms with Crippen LogP contribution in [0.3, 0.4) is 0 Å². The predicted octanol–water partition coefficient (Wildman–Crippen LogP) is 2.76. The van der Waals surface area contributed by atoms with Gasteiger partial charge in [-0.25, -0.2) is 0 Å². The highest BCUT2D eigenvalue weighted by atomic mass is 16.6. The molecule has 3 saturated carbocycles. The molecule has 1 saturated heterocycles. The molecule has 164 valence electrons. The second kappa shape index (κ2) is 6.04. The summed E-state index contributed by atoms with van der Waals surface area (Å²) < 4.78 is 11.5. The number of fused-ring (bicyclic) bond motifs is 3. The highest BCUT2D eigenvalue weighted by Crippen LogP contribution is 2.76. The van der Waals surface area contributed by atoms with Gasteiger partial charge in [0, 0.05) is 23.7 Å². The lowest BCUT2D eigenvalue weighted by atomic mass is 9.45. The zero-order valence-corrected chi connectivity index (χ0v) is 18.3. The Morgan fingerprint density at radius 3 is 2.67 bits per heavy atom. The lowest BCUT2D eigenvalue weighted by Gasteiger charge is -2.57. The molecule has 0 amide bonds. The van der Waals surface area contributed by atoms with E-state index in [1.165, 1.54) is 12.5 Å². The number of aliphatic hydroxyl groups is 1. The van der Waals surface area contributed by atoms with Crippen LogP contribution < -0.4 is 0 Å². The number of rotatable bonds is 3. The molecule has 6 nitrogen and oxygen atoms in total. The third kappa shape index (κ3) is 2.24. The quantitative estimate of drug-likeness (QED) is 0.562. The zero-order valence-electron chi connectivity index (χ0n) is 18.3. The molecule has 0 aromatic heterocycles. The minimum Gasteiger partial charge on any atom is -0.458 e. The molecule has 1 N–H and O–H groups in total. The van der Waals surface area contributed by atoms with Crippen molar-refractivity contribution in [2.75, 3.05) is 6.61 Å². The summed E-state index contributed by atoms with van der Waals surface area (Å²) in [5.41, 5.74) is -1.28. The molecule has 6 heteroatoms. The van der Waals surface area contributed by atoms with Crippen LogP contribution in [-0.2, 0) is 23.9 Å². The number of carbonyl (C=O) groups is 3. The van der Waals surface area contributed by atoms with Crippen molar-refractivity contribution in [2.45, 2.75) is 83.5 Å². The summed E-state index contributed by atoms with van der Waals surface area (Å²) in [6, 6.07) is 0. The summed E-state index contributed by atoms with van der Waals surface area (Å²) in [6.45, 7) is 7.20. The standard InChI is InChI=1S/C24H32O6/c1-13-10-21(3)15(9-18(13)26)5-6-17-16-7-8-23(28,19(27)12-29-14(2)25)22(16,4)11-20-24(17,21)30-20/h9,13,16-17,20,28H,5-8,10-12H2,1-4H3/t13-,16-,17+,20-,21+,22+,23+,24+/m1/s1. The fourth-order valence-corrected chi connectivity index (χ4v) is 8.09. The SMILES string of the molecule is CC(=O)OCC(=O)[C@@]1(O)CC[C@@H]2[C@@H]3CCC4=CC(=O)[C@H](C)C[C@]4(C)[C@]34O[C@@H]4C[C@@]21C. The van der Waals surface area contributed by atoms with Crippen molar-refractivity contribution in [3.63, 3.8) is 0 Å². The van der Waals surface area contributed by atoms with E-state index in [0.29, 0.717) is 12.8 Å². The van der Waals surface area contributed by atoms with Crippen LogP contribution in [0.2, 0.25) is 0 Å². The first kappa shape index (κ1) is 20.4. The van der Waals surface area contributed by atoms with Gasteiger partial charge in [0.15, 0.2) is 12.4 Å². The Kier molecular flexibility index (Phi) is 4.10. The highest BCUT2D eigenvalue weighted by molar-refractivity contribution is 5.94. The Morgan fingerprint density at radius 1 is 1.23 bits per heavy atom. The molecule has 0 unspecified atom stereocenters. The molecule has 5 rings (SSSR count). The number of hydrogen-bond donors (Lipinski definition) is 1. The van der Waals surface area contributed by atoms with E-state index in [1.54, 1.807) is 0 Å². The minimum absolute atomic E-state index is 0.00384. The van der Waals surface area contributed by atoms with Crippen LogP contribution in [0.15, 0.2) is 11.6 Å². The second-order valence-electron chi connectivity index (χ2n) is 10.9. The van der Waals surface area contributed by atoms with Gasteiger partial charge in [-0.05, 0) is 56.4 Å². The first-order valence-electron chi connectivity index (χ1n) is 11.3. The highest BCUT2D eigenvalue weighted by Gasteiger charge is 2.81. The predicted molar refractivity (Wildman–Crippen MR) is 107 cm³/mol. The Balaban J connectivity index is 1.49. The molecule has 1 heterocycles. The van der Waals surface area contributed by atoms with Gasteiger partial charge in [-0.15, -0.1) is 0 Å². The van der Waals surface area contributed by atoms with Crippen LogP contribution in [0.1, 0.15) is 66.2 Å². The van der Waals surface area contributed by atoms with Crippen molar-refractivity contribution in [3.05, 3.63) is 11.6 Å². The summed E-state index contributed by atoms with van der Waals surface area (Å²) >= 11 is 0. The molecule has 8 atom stereocenters. The van der Waals surface area contributed by atoms with Gasteiger partial charge in [-0.1, -0.05) is 26.3 Å². The zero-order chi connectivity index (χ0) is 21.7. The Morgan fingerprint density at radius 2 is 1.97 bits per heavy atom. The van der Waals surface area contributed by atoms with Crippen LogP contribution >= 0.6 is 0 Å². The number of carbonyl (C=O) groups excluding carboxylic acids is 3. The van der Waals surface area contributed by atoms with Gasteiger partial charge in [-0.2, -0.15) is 0 Å². The molecular formula is C24H32O6. The molecule has 0 bridgehead atoms. The van der Waals surface area contributed by atoms with Crippen molar-refractivity contribution in [1.82, 2.24) is 0 Å². The average Bonchev–Trinajstić information content (AvgIpc) is 3.33.